The van der Waals surface area contributed by atoms with Crippen molar-refractivity contribution in [3.05, 3.63) is 92.4 Å². The second kappa shape index (κ2) is 9.27. The molecule has 0 aliphatic heterocycles. The van der Waals surface area contributed by atoms with Gasteiger partial charge < -0.3 is 4.74 Å². The maximum absolute atomic E-state index is 6.36. The summed E-state index contributed by atoms with van der Waals surface area (Å²) in [7, 11) is 0. The van der Waals surface area contributed by atoms with Crippen molar-refractivity contribution >= 4 is 46.7 Å². The number of rotatable bonds is 6. The van der Waals surface area contributed by atoms with Crippen molar-refractivity contribution in [2.45, 2.75) is 20.0 Å². The van der Waals surface area contributed by atoms with Crippen molar-refractivity contribution in [3.8, 4) is 5.75 Å². The van der Waals surface area contributed by atoms with Crippen LogP contribution in [0.25, 0.3) is 0 Å². The van der Waals surface area contributed by atoms with Gasteiger partial charge in [-0.25, -0.2) is 0 Å². The molecule has 0 unspecified atom stereocenters. The van der Waals surface area contributed by atoms with Crippen molar-refractivity contribution in [1.29, 1.82) is 0 Å². The summed E-state index contributed by atoms with van der Waals surface area (Å²) < 4.78 is 5.79. The highest BCUT2D eigenvalue weighted by atomic mass is 35.5. The zero-order chi connectivity index (χ0) is 19.2. The van der Waals surface area contributed by atoms with Gasteiger partial charge in [0.1, 0.15) is 6.61 Å². The van der Waals surface area contributed by atoms with Crippen molar-refractivity contribution in [2.24, 2.45) is 4.99 Å². The molecule has 0 fully saturated rings. The minimum atomic E-state index is 0.355. The van der Waals surface area contributed by atoms with Crippen molar-refractivity contribution in [2.75, 3.05) is 0 Å². The maximum Gasteiger partial charge on any atom is 0.157 e. The minimum Gasteiger partial charge on any atom is -0.486 e. The standard InChI is InChI=1S/C22H18Cl3NO/c1-2-15-5-9-19(10-6-15)26-13-17-11-20(24)22(21(25)12-17)27-14-16-3-7-18(23)8-4-16/h3-13H,2,14H2,1H3. The van der Waals surface area contributed by atoms with Crippen LogP contribution in [0.15, 0.2) is 65.7 Å². The summed E-state index contributed by atoms with van der Waals surface area (Å²) in [6.45, 7) is 2.48. The SMILES string of the molecule is CCc1ccc(N=Cc2cc(Cl)c(OCc3ccc(Cl)cc3)c(Cl)c2)cc1. The van der Waals surface area contributed by atoms with E-state index in [0.717, 1.165) is 23.2 Å². The second-order valence-corrected chi connectivity index (χ2v) is 7.26. The Bertz CT molecular complexity index is 912. The van der Waals surface area contributed by atoms with Gasteiger partial charge in [-0.3, -0.25) is 4.99 Å². The molecule has 2 nitrogen and oxygen atoms in total. The Kier molecular flexibility index (Phi) is 6.78. The van der Waals surface area contributed by atoms with E-state index in [-0.39, 0.29) is 0 Å². The van der Waals surface area contributed by atoms with Crippen LogP contribution in [0.5, 0.6) is 5.75 Å². The van der Waals surface area contributed by atoms with E-state index >= 15 is 0 Å². The first kappa shape index (κ1) is 19.8. The summed E-state index contributed by atoms with van der Waals surface area (Å²) in [5.74, 6) is 0.456. The molecule has 3 rings (SSSR count). The number of aryl methyl sites for hydroxylation is 1. The smallest absolute Gasteiger partial charge is 0.157 e. The quantitative estimate of drug-likeness (QED) is 0.379. The molecule has 0 aromatic heterocycles. The van der Waals surface area contributed by atoms with Gasteiger partial charge in [-0.15, -0.1) is 0 Å². The molecule has 0 spiro atoms. The van der Waals surface area contributed by atoms with E-state index in [1.54, 1.807) is 18.3 Å². The maximum atomic E-state index is 6.36. The lowest BCUT2D eigenvalue weighted by Gasteiger charge is -2.11. The first-order valence-electron chi connectivity index (χ1n) is 8.54. The number of halogens is 3. The van der Waals surface area contributed by atoms with Crippen LogP contribution >= 0.6 is 34.8 Å². The predicted octanol–water partition coefficient (Wildman–Crippen LogP) is 7.54. The van der Waals surface area contributed by atoms with Crippen LogP contribution in [0.3, 0.4) is 0 Å². The summed E-state index contributed by atoms with van der Waals surface area (Å²) in [6, 6.07) is 19.1. The lowest BCUT2D eigenvalue weighted by Crippen LogP contribution is -1.97. The van der Waals surface area contributed by atoms with Crippen LogP contribution in [-0.2, 0) is 13.0 Å². The number of benzene rings is 3. The molecule has 0 saturated heterocycles. The average Bonchev–Trinajstić information content (AvgIpc) is 2.67. The normalized spacial score (nSPS) is 11.1. The monoisotopic (exact) mass is 417 g/mol. The van der Waals surface area contributed by atoms with Crippen LogP contribution in [0, 0.1) is 0 Å². The van der Waals surface area contributed by atoms with E-state index in [9.17, 15) is 0 Å². The Hall–Kier alpha value is -2.00. The molecule has 0 saturated carbocycles. The summed E-state index contributed by atoms with van der Waals surface area (Å²) in [6.07, 6.45) is 2.74. The molecule has 3 aromatic carbocycles. The molecular formula is C22H18Cl3NO. The average molecular weight is 419 g/mol. The summed E-state index contributed by atoms with van der Waals surface area (Å²) >= 11 is 18.6. The first-order valence-corrected chi connectivity index (χ1v) is 9.68. The molecule has 0 amide bonds. The van der Waals surface area contributed by atoms with Gasteiger partial charge >= 0.3 is 0 Å². The third-order valence-electron chi connectivity index (χ3n) is 4.02. The molecule has 0 radical (unpaired) electrons. The number of ether oxygens (including phenoxy) is 1. The van der Waals surface area contributed by atoms with Crippen LogP contribution in [0.2, 0.25) is 15.1 Å². The van der Waals surface area contributed by atoms with E-state index in [0.29, 0.717) is 27.4 Å². The first-order chi connectivity index (χ1) is 13.0. The highest BCUT2D eigenvalue weighted by Crippen LogP contribution is 2.34. The van der Waals surface area contributed by atoms with Crippen molar-refractivity contribution in [3.63, 3.8) is 0 Å². The Balaban J connectivity index is 1.71. The number of hydrogen-bond acceptors (Lipinski definition) is 2. The lowest BCUT2D eigenvalue weighted by molar-refractivity contribution is 0.306. The van der Waals surface area contributed by atoms with Crippen LogP contribution in [0.4, 0.5) is 5.69 Å². The summed E-state index contributed by atoms with van der Waals surface area (Å²) in [5, 5.41) is 1.57. The van der Waals surface area contributed by atoms with Crippen LogP contribution in [0.1, 0.15) is 23.6 Å². The number of nitrogens with zero attached hydrogens (tertiary/aromatic N) is 1. The van der Waals surface area contributed by atoms with E-state index in [2.05, 4.69) is 24.0 Å². The molecule has 27 heavy (non-hydrogen) atoms. The summed E-state index contributed by atoms with van der Waals surface area (Å²) in [4.78, 5) is 4.47. The molecular weight excluding hydrogens is 401 g/mol. The fraction of sp³-hybridized carbons (Fsp3) is 0.136. The van der Waals surface area contributed by atoms with E-state index in [1.807, 2.05) is 36.4 Å². The highest BCUT2D eigenvalue weighted by molar-refractivity contribution is 6.37. The Labute approximate surface area is 174 Å². The zero-order valence-corrected chi connectivity index (χ0v) is 17.0. The topological polar surface area (TPSA) is 21.6 Å². The number of aliphatic imine (C=N–C) groups is 1. The fourth-order valence-electron chi connectivity index (χ4n) is 2.49. The molecule has 0 N–H and O–H groups in total. The van der Waals surface area contributed by atoms with E-state index in [4.69, 9.17) is 39.5 Å². The second-order valence-electron chi connectivity index (χ2n) is 6.01. The van der Waals surface area contributed by atoms with Crippen molar-refractivity contribution in [1.82, 2.24) is 0 Å². The molecule has 0 bridgehead atoms. The Morgan fingerprint density at radius 2 is 1.44 bits per heavy atom. The fourth-order valence-corrected chi connectivity index (χ4v) is 3.23. The molecule has 5 heteroatoms. The molecule has 0 aliphatic rings. The van der Waals surface area contributed by atoms with Gasteiger partial charge in [-0.05, 0) is 59.5 Å². The largest absolute Gasteiger partial charge is 0.486 e. The minimum absolute atomic E-state index is 0.355. The van der Waals surface area contributed by atoms with Crippen molar-refractivity contribution < 1.29 is 4.74 Å². The molecule has 0 heterocycles. The number of hydrogen-bond donors (Lipinski definition) is 0. The zero-order valence-electron chi connectivity index (χ0n) is 14.8. The molecule has 0 atom stereocenters. The highest BCUT2D eigenvalue weighted by Gasteiger charge is 2.09. The molecule has 3 aromatic rings. The van der Waals surface area contributed by atoms with Gasteiger partial charge in [-0.2, -0.15) is 0 Å². The Morgan fingerprint density at radius 3 is 2.04 bits per heavy atom. The predicted molar refractivity (Wildman–Crippen MR) is 115 cm³/mol. The molecule has 0 aliphatic carbocycles. The van der Waals surface area contributed by atoms with Gasteiger partial charge in [-0.1, -0.05) is 66.0 Å². The van der Waals surface area contributed by atoms with Gasteiger partial charge in [0.05, 0.1) is 15.7 Å². The lowest BCUT2D eigenvalue weighted by atomic mass is 10.1. The van der Waals surface area contributed by atoms with Crippen LogP contribution in [-0.4, -0.2) is 6.21 Å². The van der Waals surface area contributed by atoms with E-state index < -0.39 is 0 Å². The van der Waals surface area contributed by atoms with Gasteiger partial charge in [0, 0.05) is 11.2 Å². The molecule has 138 valence electrons. The third kappa shape index (κ3) is 5.49. The summed E-state index contributed by atoms with van der Waals surface area (Å²) in [5.41, 5.74) is 3.95. The van der Waals surface area contributed by atoms with Gasteiger partial charge in [0.2, 0.25) is 0 Å². The van der Waals surface area contributed by atoms with Gasteiger partial charge in [0.15, 0.2) is 5.75 Å². The Morgan fingerprint density at radius 1 is 0.852 bits per heavy atom. The third-order valence-corrected chi connectivity index (χ3v) is 4.84. The van der Waals surface area contributed by atoms with E-state index in [1.165, 1.54) is 5.56 Å². The van der Waals surface area contributed by atoms with Crippen LogP contribution < -0.4 is 4.74 Å². The van der Waals surface area contributed by atoms with Gasteiger partial charge in [0.25, 0.3) is 0 Å².